The molecular formula is C24H28ClN3O3S. The van der Waals surface area contributed by atoms with Crippen molar-refractivity contribution >= 4 is 21.4 Å². The SMILES string of the molecule is C[C@@H]1C[C@H](COc2ccc(S(=O)(=O)C3CNC3)cc2)CN1CCc1cc(Cl)cc(C#N)c1. The zero-order valence-electron chi connectivity index (χ0n) is 18.1. The van der Waals surface area contributed by atoms with Crippen LogP contribution < -0.4 is 10.1 Å². The van der Waals surface area contributed by atoms with E-state index in [9.17, 15) is 8.42 Å². The van der Waals surface area contributed by atoms with E-state index in [4.69, 9.17) is 21.6 Å². The van der Waals surface area contributed by atoms with E-state index in [1.165, 1.54) is 0 Å². The van der Waals surface area contributed by atoms with E-state index in [-0.39, 0.29) is 5.25 Å². The molecule has 4 rings (SSSR count). The number of nitrogens with zero attached hydrogens (tertiary/aromatic N) is 2. The van der Waals surface area contributed by atoms with Crippen LogP contribution in [0.1, 0.15) is 24.5 Å². The fourth-order valence-electron chi connectivity index (χ4n) is 4.40. The van der Waals surface area contributed by atoms with Crippen LogP contribution in [0.4, 0.5) is 0 Å². The summed E-state index contributed by atoms with van der Waals surface area (Å²) < 4.78 is 30.9. The van der Waals surface area contributed by atoms with Crippen LogP contribution >= 0.6 is 11.6 Å². The Kier molecular flexibility index (Phi) is 7.06. The molecule has 2 atom stereocenters. The molecule has 2 aliphatic rings. The van der Waals surface area contributed by atoms with Crippen molar-refractivity contribution < 1.29 is 13.2 Å². The summed E-state index contributed by atoms with van der Waals surface area (Å²) in [6.45, 7) is 5.74. The molecule has 0 radical (unpaired) electrons. The summed E-state index contributed by atoms with van der Waals surface area (Å²) in [6, 6.07) is 14.9. The molecule has 2 aliphatic heterocycles. The van der Waals surface area contributed by atoms with Crippen molar-refractivity contribution in [1.82, 2.24) is 10.2 Å². The number of hydrogen-bond donors (Lipinski definition) is 1. The van der Waals surface area contributed by atoms with Gasteiger partial charge in [0.2, 0.25) is 0 Å². The van der Waals surface area contributed by atoms with Crippen molar-refractivity contribution in [2.24, 2.45) is 5.92 Å². The Balaban J connectivity index is 1.27. The van der Waals surface area contributed by atoms with Gasteiger partial charge in [-0.1, -0.05) is 11.6 Å². The predicted molar refractivity (Wildman–Crippen MR) is 125 cm³/mol. The number of rotatable bonds is 8. The highest BCUT2D eigenvalue weighted by Crippen LogP contribution is 2.26. The van der Waals surface area contributed by atoms with Crippen LogP contribution in [0.25, 0.3) is 0 Å². The minimum atomic E-state index is -3.25. The highest BCUT2D eigenvalue weighted by atomic mass is 35.5. The van der Waals surface area contributed by atoms with Gasteiger partial charge < -0.3 is 10.1 Å². The minimum absolute atomic E-state index is 0.321. The number of nitrogens with one attached hydrogen (secondary N) is 1. The van der Waals surface area contributed by atoms with Gasteiger partial charge in [-0.25, -0.2) is 8.42 Å². The summed E-state index contributed by atoms with van der Waals surface area (Å²) in [6.07, 6.45) is 1.90. The number of nitriles is 1. The first kappa shape index (κ1) is 23.1. The summed E-state index contributed by atoms with van der Waals surface area (Å²) >= 11 is 6.12. The summed E-state index contributed by atoms with van der Waals surface area (Å²) in [5.41, 5.74) is 1.67. The third-order valence-corrected chi connectivity index (χ3v) is 8.74. The van der Waals surface area contributed by atoms with E-state index in [1.807, 2.05) is 12.1 Å². The van der Waals surface area contributed by atoms with Gasteiger partial charge in [0, 0.05) is 43.2 Å². The van der Waals surface area contributed by atoms with Gasteiger partial charge in [0.15, 0.2) is 9.84 Å². The Morgan fingerprint density at radius 1 is 1.22 bits per heavy atom. The van der Waals surface area contributed by atoms with E-state index in [2.05, 4.69) is 23.2 Å². The fourth-order valence-corrected chi connectivity index (χ4v) is 6.23. The lowest BCUT2D eigenvalue weighted by Gasteiger charge is -2.26. The fraction of sp³-hybridized carbons (Fsp3) is 0.458. The molecule has 0 amide bonds. The maximum Gasteiger partial charge on any atom is 0.183 e. The number of hydrogen-bond acceptors (Lipinski definition) is 6. The van der Waals surface area contributed by atoms with Crippen LogP contribution in [0, 0.1) is 17.2 Å². The Morgan fingerprint density at radius 2 is 1.97 bits per heavy atom. The summed E-state index contributed by atoms with van der Waals surface area (Å²) in [4.78, 5) is 2.81. The lowest BCUT2D eigenvalue weighted by Crippen LogP contribution is -2.51. The molecule has 2 saturated heterocycles. The van der Waals surface area contributed by atoms with Crippen molar-refractivity contribution in [2.75, 3.05) is 32.8 Å². The molecule has 1 N–H and O–H groups in total. The molecule has 170 valence electrons. The second-order valence-electron chi connectivity index (χ2n) is 8.76. The van der Waals surface area contributed by atoms with E-state index in [0.717, 1.165) is 31.5 Å². The van der Waals surface area contributed by atoms with Crippen molar-refractivity contribution in [3.63, 3.8) is 0 Å². The number of halogens is 1. The van der Waals surface area contributed by atoms with Crippen LogP contribution in [-0.4, -0.2) is 57.4 Å². The van der Waals surface area contributed by atoms with Crippen LogP contribution in [-0.2, 0) is 16.3 Å². The monoisotopic (exact) mass is 473 g/mol. The number of benzene rings is 2. The molecule has 0 unspecified atom stereocenters. The molecule has 0 saturated carbocycles. The van der Waals surface area contributed by atoms with E-state index >= 15 is 0 Å². The molecule has 2 heterocycles. The maximum absolute atomic E-state index is 12.5. The molecule has 2 aromatic rings. The van der Waals surface area contributed by atoms with Gasteiger partial charge in [0.05, 0.1) is 28.4 Å². The van der Waals surface area contributed by atoms with Gasteiger partial charge in [-0.2, -0.15) is 5.26 Å². The van der Waals surface area contributed by atoms with E-state index < -0.39 is 9.84 Å². The molecule has 0 bridgehead atoms. The molecule has 2 aromatic carbocycles. The zero-order valence-corrected chi connectivity index (χ0v) is 19.7. The van der Waals surface area contributed by atoms with Crippen LogP contribution in [0.3, 0.4) is 0 Å². The van der Waals surface area contributed by atoms with E-state index in [0.29, 0.717) is 52.9 Å². The summed E-state index contributed by atoms with van der Waals surface area (Å²) in [7, 11) is -3.25. The molecule has 0 aromatic heterocycles. The van der Waals surface area contributed by atoms with Crippen LogP contribution in [0.15, 0.2) is 47.4 Å². The normalized spacial score (nSPS) is 21.8. The second kappa shape index (κ2) is 9.80. The average Bonchev–Trinajstić information content (AvgIpc) is 3.08. The highest BCUT2D eigenvalue weighted by molar-refractivity contribution is 7.92. The smallest absolute Gasteiger partial charge is 0.183 e. The van der Waals surface area contributed by atoms with Gasteiger partial charge in [-0.05, 0) is 67.8 Å². The summed E-state index contributed by atoms with van der Waals surface area (Å²) in [5.74, 6) is 1.12. The molecule has 6 nitrogen and oxygen atoms in total. The number of ether oxygens (including phenoxy) is 1. The largest absolute Gasteiger partial charge is 0.493 e. The Morgan fingerprint density at radius 3 is 2.62 bits per heavy atom. The number of sulfone groups is 1. The van der Waals surface area contributed by atoms with Gasteiger partial charge in [-0.15, -0.1) is 0 Å². The quantitative estimate of drug-likeness (QED) is 0.633. The Hall–Kier alpha value is -2.11. The second-order valence-corrected chi connectivity index (χ2v) is 11.4. The first-order chi connectivity index (χ1) is 15.3. The zero-order chi connectivity index (χ0) is 22.7. The van der Waals surface area contributed by atoms with Crippen molar-refractivity contribution in [1.29, 1.82) is 5.26 Å². The Labute approximate surface area is 195 Å². The lowest BCUT2D eigenvalue weighted by molar-refractivity contribution is 0.234. The standard InChI is InChI=1S/C24H28ClN3O3S/c1-17-8-20(15-28(17)7-6-18-9-19(12-26)11-21(25)10-18)16-31-22-2-4-23(5-3-22)32(29,30)24-13-27-14-24/h2-5,9-11,17,20,24,27H,6-8,13-16H2,1H3/t17-,20+/m1/s1. The molecule has 8 heteroatoms. The third-order valence-electron chi connectivity index (χ3n) is 6.39. The van der Waals surface area contributed by atoms with Gasteiger partial charge in [-0.3, -0.25) is 4.90 Å². The average molecular weight is 474 g/mol. The first-order valence-corrected chi connectivity index (χ1v) is 12.9. The van der Waals surface area contributed by atoms with E-state index in [1.54, 1.807) is 30.3 Å². The van der Waals surface area contributed by atoms with Crippen molar-refractivity contribution in [3.05, 3.63) is 58.6 Å². The van der Waals surface area contributed by atoms with Crippen LogP contribution in [0.2, 0.25) is 5.02 Å². The Bertz CT molecular complexity index is 1090. The van der Waals surface area contributed by atoms with Gasteiger partial charge in [0.1, 0.15) is 5.75 Å². The van der Waals surface area contributed by atoms with Crippen molar-refractivity contribution in [3.8, 4) is 11.8 Å². The minimum Gasteiger partial charge on any atom is -0.493 e. The van der Waals surface area contributed by atoms with Crippen LogP contribution in [0.5, 0.6) is 5.75 Å². The van der Waals surface area contributed by atoms with Gasteiger partial charge in [0.25, 0.3) is 0 Å². The molecule has 0 aliphatic carbocycles. The van der Waals surface area contributed by atoms with Crippen molar-refractivity contribution in [2.45, 2.75) is 36.0 Å². The number of likely N-dealkylation sites (tertiary alicyclic amines) is 1. The highest BCUT2D eigenvalue weighted by Gasteiger charge is 2.32. The third kappa shape index (κ3) is 5.26. The molecular weight excluding hydrogens is 446 g/mol. The predicted octanol–water partition coefficient (Wildman–Crippen LogP) is 3.29. The molecule has 2 fully saturated rings. The maximum atomic E-state index is 12.5. The lowest BCUT2D eigenvalue weighted by atomic mass is 10.1. The summed E-state index contributed by atoms with van der Waals surface area (Å²) in [5, 5.41) is 12.4. The van der Waals surface area contributed by atoms with Gasteiger partial charge >= 0.3 is 0 Å². The molecule has 32 heavy (non-hydrogen) atoms. The first-order valence-electron chi connectivity index (χ1n) is 11.0. The topological polar surface area (TPSA) is 82.4 Å². The molecule has 0 spiro atoms.